The van der Waals surface area contributed by atoms with Crippen molar-refractivity contribution in [2.24, 2.45) is 0 Å². The van der Waals surface area contributed by atoms with Crippen LogP contribution in [-0.2, 0) is 6.42 Å². The maximum absolute atomic E-state index is 4.55. The monoisotopic (exact) mass is 263 g/mol. The highest BCUT2D eigenvalue weighted by atomic mass is 15.2. The van der Waals surface area contributed by atoms with E-state index in [0.29, 0.717) is 0 Å². The summed E-state index contributed by atoms with van der Waals surface area (Å²) in [6.07, 6.45) is 4.69. The zero-order valence-electron chi connectivity index (χ0n) is 12.1. The van der Waals surface area contributed by atoms with Crippen molar-refractivity contribution in [2.45, 2.75) is 32.6 Å². The van der Waals surface area contributed by atoms with E-state index in [1.54, 1.807) is 0 Å². The second-order valence-electron chi connectivity index (χ2n) is 5.03. The van der Waals surface area contributed by atoms with Crippen molar-refractivity contribution in [1.29, 1.82) is 0 Å². The fourth-order valence-electron chi connectivity index (χ4n) is 2.40. The Labute approximate surface area is 115 Å². The summed E-state index contributed by atoms with van der Waals surface area (Å²) < 4.78 is 0. The van der Waals surface area contributed by atoms with E-state index in [-0.39, 0.29) is 0 Å². The van der Waals surface area contributed by atoms with Crippen LogP contribution >= 0.6 is 0 Å². The lowest BCUT2D eigenvalue weighted by molar-refractivity contribution is 0.352. The topological polar surface area (TPSA) is 53.1 Å². The first-order valence-corrected chi connectivity index (χ1v) is 7.33. The van der Waals surface area contributed by atoms with Crippen LogP contribution in [-0.4, -0.2) is 48.1 Å². The molecule has 0 aliphatic carbocycles. The molecule has 2 heterocycles. The molecule has 1 aromatic heterocycles. The zero-order chi connectivity index (χ0) is 13.5. The van der Waals surface area contributed by atoms with Crippen LogP contribution < -0.4 is 10.6 Å². The predicted molar refractivity (Wildman–Crippen MR) is 79.7 cm³/mol. The van der Waals surface area contributed by atoms with E-state index in [0.717, 1.165) is 43.4 Å². The third-order valence-corrected chi connectivity index (χ3v) is 3.44. The lowest BCUT2D eigenvalue weighted by atomic mass is 10.3. The van der Waals surface area contributed by atoms with Crippen molar-refractivity contribution in [1.82, 2.24) is 14.9 Å². The number of aromatic nitrogens is 2. The summed E-state index contributed by atoms with van der Waals surface area (Å²) in [6.45, 7) is 6.69. The molecule has 5 nitrogen and oxygen atoms in total. The number of nitrogens with one attached hydrogen (secondary N) is 2. The average Bonchev–Trinajstić information content (AvgIpc) is 2.92. The predicted octanol–water partition coefficient (Wildman–Crippen LogP) is 1.98. The lowest BCUT2D eigenvalue weighted by Gasteiger charge is -2.15. The SMILES string of the molecule is CCCc1nc(NC)cc(NCCN2CCCC2)n1. The van der Waals surface area contributed by atoms with Gasteiger partial charge in [-0.1, -0.05) is 6.92 Å². The van der Waals surface area contributed by atoms with Gasteiger partial charge < -0.3 is 15.5 Å². The summed E-state index contributed by atoms with van der Waals surface area (Å²) in [5.74, 6) is 2.74. The molecule has 19 heavy (non-hydrogen) atoms. The van der Waals surface area contributed by atoms with E-state index in [4.69, 9.17) is 0 Å². The van der Waals surface area contributed by atoms with Gasteiger partial charge >= 0.3 is 0 Å². The molecular formula is C14H25N5. The van der Waals surface area contributed by atoms with Crippen molar-refractivity contribution in [3.63, 3.8) is 0 Å². The van der Waals surface area contributed by atoms with E-state index in [2.05, 4.69) is 32.4 Å². The molecule has 0 atom stereocenters. The Balaban J connectivity index is 1.88. The molecule has 0 saturated carbocycles. The van der Waals surface area contributed by atoms with Crippen molar-refractivity contribution < 1.29 is 0 Å². The number of anilines is 2. The molecule has 0 spiro atoms. The first-order chi connectivity index (χ1) is 9.31. The minimum absolute atomic E-state index is 0.891. The number of nitrogens with zero attached hydrogens (tertiary/aromatic N) is 3. The highest BCUT2D eigenvalue weighted by Crippen LogP contribution is 2.12. The molecule has 0 aromatic carbocycles. The number of rotatable bonds is 7. The Bertz CT molecular complexity index is 387. The molecule has 2 rings (SSSR count). The van der Waals surface area contributed by atoms with Crippen molar-refractivity contribution in [3.05, 3.63) is 11.9 Å². The Hall–Kier alpha value is -1.36. The summed E-state index contributed by atoms with van der Waals surface area (Å²) >= 11 is 0. The summed E-state index contributed by atoms with van der Waals surface area (Å²) in [4.78, 5) is 11.5. The normalized spacial score (nSPS) is 15.7. The molecule has 0 bridgehead atoms. The Morgan fingerprint density at radius 1 is 1.21 bits per heavy atom. The van der Waals surface area contributed by atoms with Crippen LogP contribution in [0.15, 0.2) is 6.07 Å². The summed E-state index contributed by atoms with van der Waals surface area (Å²) in [6, 6.07) is 1.98. The fourth-order valence-corrected chi connectivity index (χ4v) is 2.40. The van der Waals surface area contributed by atoms with Gasteiger partial charge in [-0.25, -0.2) is 9.97 Å². The van der Waals surface area contributed by atoms with Gasteiger partial charge in [0, 0.05) is 32.6 Å². The Kier molecular flexibility index (Phi) is 5.39. The largest absolute Gasteiger partial charge is 0.373 e. The second kappa shape index (κ2) is 7.28. The molecule has 1 aromatic rings. The highest BCUT2D eigenvalue weighted by Gasteiger charge is 2.10. The molecule has 0 unspecified atom stereocenters. The highest BCUT2D eigenvalue weighted by molar-refractivity contribution is 5.47. The van der Waals surface area contributed by atoms with Gasteiger partial charge in [0.2, 0.25) is 0 Å². The first kappa shape index (κ1) is 14.1. The van der Waals surface area contributed by atoms with Crippen molar-refractivity contribution in [3.8, 4) is 0 Å². The minimum atomic E-state index is 0.891. The molecule has 5 heteroatoms. The third kappa shape index (κ3) is 4.35. The fraction of sp³-hybridized carbons (Fsp3) is 0.714. The van der Waals surface area contributed by atoms with Crippen molar-refractivity contribution in [2.75, 3.05) is 43.9 Å². The maximum atomic E-state index is 4.55. The summed E-state index contributed by atoms with van der Waals surface area (Å²) in [5.41, 5.74) is 0. The molecule has 106 valence electrons. The summed E-state index contributed by atoms with van der Waals surface area (Å²) in [5, 5.41) is 6.51. The van der Waals surface area contributed by atoms with Gasteiger partial charge in [0.15, 0.2) is 0 Å². The quantitative estimate of drug-likeness (QED) is 0.788. The van der Waals surface area contributed by atoms with Gasteiger partial charge in [0.05, 0.1) is 0 Å². The van der Waals surface area contributed by atoms with E-state index in [1.807, 2.05) is 13.1 Å². The van der Waals surface area contributed by atoms with Gasteiger partial charge in [-0.3, -0.25) is 0 Å². The number of likely N-dealkylation sites (tertiary alicyclic amines) is 1. The molecule has 1 aliphatic heterocycles. The second-order valence-corrected chi connectivity index (χ2v) is 5.03. The average molecular weight is 263 g/mol. The third-order valence-electron chi connectivity index (χ3n) is 3.44. The lowest BCUT2D eigenvalue weighted by Crippen LogP contribution is -2.26. The molecule has 1 saturated heterocycles. The smallest absolute Gasteiger partial charge is 0.133 e. The van der Waals surface area contributed by atoms with Gasteiger partial charge in [-0.2, -0.15) is 0 Å². The van der Waals surface area contributed by atoms with Gasteiger partial charge in [-0.15, -0.1) is 0 Å². The van der Waals surface area contributed by atoms with Crippen LogP contribution in [0.2, 0.25) is 0 Å². The van der Waals surface area contributed by atoms with Gasteiger partial charge in [0.1, 0.15) is 17.5 Å². The molecule has 1 fully saturated rings. The van der Waals surface area contributed by atoms with E-state index in [1.165, 1.54) is 25.9 Å². The van der Waals surface area contributed by atoms with Crippen LogP contribution in [0, 0.1) is 0 Å². The molecule has 2 N–H and O–H groups in total. The summed E-state index contributed by atoms with van der Waals surface area (Å²) in [7, 11) is 1.89. The Morgan fingerprint density at radius 2 is 1.95 bits per heavy atom. The van der Waals surface area contributed by atoms with Crippen LogP contribution in [0.3, 0.4) is 0 Å². The van der Waals surface area contributed by atoms with Gasteiger partial charge in [0.25, 0.3) is 0 Å². The van der Waals surface area contributed by atoms with Crippen LogP contribution in [0.4, 0.5) is 11.6 Å². The van der Waals surface area contributed by atoms with Gasteiger partial charge in [-0.05, 0) is 32.4 Å². The Morgan fingerprint density at radius 3 is 2.63 bits per heavy atom. The molecule has 1 aliphatic rings. The van der Waals surface area contributed by atoms with Crippen LogP contribution in [0.1, 0.15) is 32.0 Å². The van der Waals surface area contributed by atoms with Crippen molar-refractivity contribution >= 4 is 11.6 Å². The number of hydrogen-bond donors (Lipinski definition) is 2. The minimum Gasteiger partial charge on any atom is -0.373 e. The standard InChI is InChI=1S/C14H25N5/c1-3-6-12-17-13(15-2)11-14(18-12)16-7-10-19-8-4-5-9-19/h11H,3-10H2,1-2H3,(H2,15,16,17,18). The van der Waals surface area contributed by atoms with Crippen LogP contribution in [0.25, 0.3) is 0 Å². The van der Waals surface area contributed by atoms with E-state index >= 15 is 0 Å². The van der Waals surface area contributed by atoms with E-state index < -0.39 is 0 Å². The number of aryl methyl sites for hydroxylation is 1. The van der Waals surface area contributed by atoms with E-state index in [9.17, 15) is 0 Å². The molecule has 0 radical (unpaired) electrons. The maximum Gasteiger partial charge on any atom is 0.133 e. The molecular weight excluding hydrogens is 238 g/mol. The zero-order valence-corrected chi connectivity index (χ0v) is 12.1. The number of hydrogen-bond acceptors (Lipinski definition) is 5. The molecule has 0 amide bonds. The van der Waals surface area contributed by atoms with Crippen LogP contribution in [0.5, 0.6) is 0 Å². The first-order valence-electron chi connectivity index (χ1n) is 7.33.